The summed E-state index contributed by atoms with van der Waals surface area (Å²) < 4.78 is 34.3. The lowest BCUT2D eigenvalue weighted by atomic mass is 9.94. The molecular formula is C33H40N2O7S. The van der Waals surface area contributed by atoms with Crippen LogP contribution < -0.4 is 9.64 Å². The van der Waals surface area contributed by atoms with Gasteiger partial charge in [-0.2, -0.15) is 0 Å². The average Bonchev–Trinajstić information content (AvgIpc) is 3.70. The van der Waals surface area contributed by atoms with Crippen molar-refractivity contribution in [2.24, 2.45) is 5.92 Å². The maximum absolute atomic E-state index is 13.3. The first-order valence-electron chi connectivity index (χ1n) is 14.3. The van der Waals surface area contributed by atoms with Crippen LogP contribution in [0.3, 0.4) is 0 Å². The fraction of sp³-hybridized carbons (Fsp3) is 0.424. The molecule has 1 heterocycles. The molecule has 0 radical (unpaired) electrons. The Morgan fingerprint density at radius 2 is 1.77 bits per heavy atom. The molecule has 1 aromatic heterocycles. The van der Waals surface area contributed by atoms with Crippen LogP contribution in [-0.4, -0.2) is 54.8 Å². The van der Waals surface area contributed by atoms with Gasteiger partial charge in [0.15, 0.2) is 0 Å². The van der Waals surface area contributed by atoms with Gasteiger partial charge in [0.2, 0.25) is 0 Å². The first-order valence-corrected chi connectivity index (χ1v) is 16.4. The number of nitrogens with zero attached hydrogens (tertiary/aromatic N) is 2. The number of carboxylic acids is 1. The summed E-state index contributed by atoms with van der Waals surface area (Å²) in [6.45, 7) is 9.97. The minimum atomic E-state index is -3.03. The second-order valence-corrected chi connectivity index (χ2v) is 14.5. The fourth-order valence-electron chi connectivity index (χ4n) is 5.15. The lowest BCUT2D eigenvalue weighted by Gasteiger charge is -2.27. The number of hydrogen-bond donors (Lipinski definition) is 1. The summed E-state index contributed by atoms with van der Waals surface area (Å²) in [6.07, 6.45) is 3.35. The third-order valence-electron chi connectivity index (χ3n) is 7.19. The van der Waals surface area contributed by atoms with Crippen molar-refractivity contribution >= 4 is 27.7 Å². The highest BCUT2D eigenvalue weighted by molar-refractivity contribution is 7.90. The summed E-state index contributed by atoms with van der Waals surface area (Å²) in [7, 11) is -3.03. The van der Waals surface area contributed by atoms with Gasteiger partial charge < -0.3 is 14.6 Å². The Morgan fingerprint density at radius 1 is 1.07 bits per heavy atom. The quantitative estimate of drug-likeness (QED) is 0.251. The summed E-state index contributed by atoms with van der Waals surface area (Å²) in [5, 5.41) is 9.28. The molecule has 43 heavy (non-hydrogen) atoms. The molecule has 2 atom stereocenters. The SMILES string of the molecule is Cc1cc(OCCCS(C)(=O)=O)cc(C)c1-c1cccc(CN(C(=O)OC(C)(C)C)c2ccc(C3C[C@H]3C(=O)O)cn2)c1. The third kappa shape index (κ3) is 8.79. The molecule has 2 aromatic carbocycles. The fourth-order valence-corrected chi connectivity index (χ4v) is 5.79. The van der Waals surface area contributed by atoms with Crippen LogP contribution in [0.5, 0.6) is 5.75 Å². The molecule has 230 valence electrons. The molecule has 0 bridgehead atoms. The Kier molecular flexibility index (Phi) is 9.49. The van der Waals surface area contributed by atoms with Crippen LogP contribution in [0.2, 0.25) is 0 Å². The number of amides is 1. The number of carboxylic acid groups (broad SMARTS) is 1. The van der Waals surface area contributed by atoms with Crippen molar-refractivity contribution in [2.45, 2.75) is 65.5 Å². The zero-order chi connectivity index (χ0) is 31.5. The van der Waals surface area contributed by atoms with Gasteiger partial charge in [-0.1, -0.05) is 24.3 Å². The summed E-state index contributed by atoms with van der Waals surface area (Å²) in [5.74, 6) is -0.0509. The van der Waals surface area contributed by atoms with Crippen LogP contribution in [0.15, 0.2) is 54.7 Å². The number of pyridine rings is 1. The molecular weight excluding hydrogens is 568 g/mol. The Bertz CT molecular complexity index is 1570. The van der Waals surface area contributed by atoms with E-state index in [1.165, 1.54) is 11.2 Å². The first kappa shape index (κ1) is 32.0. The van der Waals surface area contributed by atoms with E-state index < -0.39 is 27.5 Å². The number of aromatic nitrogens is 1. The Morgan fingerprint density at radius 3 is 2.33 bits per heavy atom. The lowest BCUT2D eigenvalue weighted by Crippen LogP contribution is -2.37. The smallest absolute Gasteiger partial charge is 0.416 e. The van der Waals surface area contributed by atoms with E-state index in [2.05, 4.69) is 4.98 Å². The maximum atomic E-state index is 13.3. The zero-order valence-electron chi connectivity index (χ0n) is 25.6. The number of hydrogen-bond acceptors (Lipinski definition) is 7. The van der Waals surface area contributed by atoms with Gasteiger partial charge in [-0.05, 0) is 111 Å². The van der Waals surface area contributed by atoms with Gasteiger partial charge in [0, 0.05) is 12.5 Å². The van der Waals surface area contributed by atoms with Gasteiger partial charge in [-0.15, -0.1) is 0 Å². The minimum absolute atomic E-state index is 0.0542. The predicted octanol–water partition coefficient (Wildman–Crippen LogP) is 6.31. The van der Waals surface area contributed by atoms with Gasteiger partial charge in [0.1, 0.15) is 27.0 Å². The van der Waals surface area contributed by atoms with Crippen LogP contribution in [0, 0.1) is 19.8 Å². The van der Waals surface area contributed by atoms with Crippen LogP contribution in [0.4, 0.5) is 10.6 Å². The Labute approximate surface area is 253 Å². The molecule has 0 spiro atoms. The summed E-state index contributed by atoms with van der Waals surface area (Å²) >= 11 is 0. The van der Waals surface area contributed by atoms with E-state index in [-0.39, 0.29) is 24.1 Å². The molecule has 9 nitrogen and oxygen atoms in total. The molecule has 1 aliphatic carbocycles. The molecule has 1 amide bonds. The molecule has 1 saturated carbocycles. The monoisotopic (exact) mass is 608 g/mol. The van der Waals surface area contributed by atoms with Gasteiger partial charge in [-0.25, -0.2) is 18.2 Å². The third-order valence-corrected chi connectivity index (χ3v) is 8.22. The first-order chi connectivity index (χ1) is 20.1. The van der Waals surface area contributed by atoms with Crippen molar-refractivity contribution in [1.82, 2.24) is 4.98 Å². The van der Waals surface area contributed by atoms with Gasteiger partial charge in [0.05, 0.1) is 24.8 Å². The summed E-state index contributed by atoms with van der Waals surface area (Å²) in [5.41, 5.74) is 5.07. The molecule has 1 N–H and O–H groups in total. The van der Waals surface area contributed by atoms with Gasteiger partial charge >= 0.3 is 12.1 Å². The number of carbonyl (C=O) groups is 2. The Hall–Kier alpha value is -3.92. The molecule has 0 saturated heterocycles. The van der Waals surface area contributed by atoms with Crippen molar-refractivity contribution in [3.8, 4) is 16.9 Å². The van der Waals surface area contributed by atoms with Gasteiger partial charge in [0.25, 0.3) is 0 Å². The van der Waals surface area contributed by atoms with Crippen molar-refractivity contribution in [3.05, 3.63) is 77.0 Å². The van der Waals surface area contributed by atoms with E-state index in [0.29, 0.717) is 31.0 Å². The summed E-state index contributed by atoms with van der Waals surface area (Å²) in [4.78, 5) is 30.7. The van der Waals surface area contributed by atoms with Crippen LogP contribution in [-0.2, 0) is 25.9 Å². The number of sulfone groups is 1. The number of ether oxygens (including phenoxy) is 2. The van der Waals surface area contributed by atoms with Crippen LogP contribution >= 0.6 is 0 Å². The van der Waals surface area contributed by atoms with Crippen molar-refractivity contribution < 1.29 is 32.6 Å². The van der Waals surface area contributed by atoms with E-state index in [1.54, 1.807) is 12.3 Å². The minimum Gasteiger partial charge on any atom is -0.494 e. The van der Waals surface area contributed by atoms with E-state index in [0.717, 1.165) is 33.4 Å². The molecule has 0 aliphatic heterocycles. The number of aliphatic carboxylic acids is 1. The number of rotatable bonds is 11. The predicted molar refractivity (Wildman–Crippen MR) is 166 cm³/mol. The topological polar surface area (TPSA) is 123 Å². The van der Waals surface area contributed by atoms with E-state index in [1.807, 2.05) is 77.1 Å². The molecule has 3 aromatic rings. The second-order valence-electron chi connectivity index (χ2n) is 12.3. The average molecular weight is 609 g/mol. The molecule has 1 unspecified atom stereocenters. The molecule has 10 heteroatoms. The molecule has 4 rings (SSSR count). The normalized spacial score (nSPS) is 16.4. The standard InChI is InChI=1S/C33H40N2O7S/c1-21-15-26(41-13-8-14-43(6,39)40)16-22(2)30(21)24-10-7-9-23(17-24)20-35(32(38)42-33(3,4)5)29-12-11-25(19-34-29)27-18-28(27)31(36)37/h7,9-12,15-17,19,27-28H,8,13-14,18,20H2,1-6H3,(H,36,37)/t27?,28-/m1/s1. The summed E-state index contributed by atoms with van der Waals surface area (Å²) in [6, 6.07) is 15.4. The van der Waals surface area contributed by atoms with Crippen molar-refractivity contribution in [1.29, 1.82) is 0 Å². The van der Waals surface area contributed by atoms with Crippen LogP contribution in [0.1, 0.15) is 61.8 Å². The van der Waals surface area contributed by atoms with Crippen molar-refractivity contribution in [3.63, 3.8) is 0 Å². The highest BCUT2D eigenvalue weighted by Crippen LogP contribution is 2.47. The number of benzene rings is 2. The maximum Gasteiger partial charge on any atom is 0.416 e. The Balaban J connectivity index is 1.56. The van der Waals surface area contributed by atoms with E-state index in [4.69, 9.17) is 9.47 Å². The number of anilines is 1. The van der Waals surface area contributed by atoms with E-state index in [9.17, 15) is 23.1 Å². The lowest BCUT2D eigenvalue weighted by molar-refractivity contribution is -0.138. The highest BCUT2D eigenvalue weighted by atomic mass is 32.2. The molecule has 1 aliphatic rings. The number of aryl methyl sites for hydroxylation is 2. The van der Waals surface area contributed by atoms with Crippen LogP contribution in [0.25, 0.3) is 11.1 Å². The van der Waals surface area contributed by atoms with Crippen molar-refractivity contribution in [2.75, 3.05) is 23.5 Å². The largest absolute Gasteiger partial charge is 0.494 e. The number of carbonyl (C=O) groups excluding carboxylic acids is 1. The van der Waals surface area contributed by atoms with E-state index >= 15 is 0 Å². The molecule has 1 fully saturated rings. The highest BCUT2D eigenvalue weighted by Gasteiger charge is 2.44. The second kappa shape index (κ2) is 12.8. The zero-order valence-corrected chi connectivity index (χ0v) is 26.4. The van der Waals surface area contributed by atoms with Gasteiger partial charge in [-0.3, -0.25) is 9.69 Å².